The second-order valence-electron chi connectivity index (χ2n) is 5.89. The van der Waals surface area contributed by atoms with Crippen LogP contribution < -0.4 is 9.03 Å². The Hall–Kier alpha value is -2.46. The zero-order valence-corrected chi connectivity index (χ0v) is 15.2. The van der Waals surface area contributed by atoms with E-state index in [1.54, 1.807) is 0 Å². The number of carbonyl (C=O) groups is 1. The first-order valence-electron chi connectivity index (χ1n) is 7.55. The molecule has 138 valence electrons. The second-order valence-corrected chi connectivity index (χ2v) is 9.44. The van der Waals surface area contributed by atoms with Gasteiger partial charge in [0, 0.05) is 0 Å². The van der Waals surface area contributed by atoms with E-state index in [4.69, 9.17) is 0 Å². The Morgan fingerprint density at radius 2 is 1.81 bits per heavy atom. The van der Waals surface area contributed by atoms with Crippen LogP contribution in [0.5, 0.6) is 0 Å². The highest BCUT2D eigenvalue weighted by Crippen LogP contribution is 2.29. The Morgan fingerprint density at radius 3 is 2.35 bits per heavy atom. The van der Waals surface area contributed by atoms with Crippen molar-refractivity contribution in [2.45, 2.75) is 11.8 Å². The molecule has 7 nitrogen and oxygen atoms in total. The summed E-state index contributed by atoms with van der Waals surface area (Å²) in [5.41, 5.74) is 0.129. The number of anilines is 2. The predicted octanol–water partition coefficient (Wildman–Crippen LogP) is 1.94. The van der Waals surface area contributed by atoms with E-state index in [-0.39, 0.29) is 22.0 Å². The molecular weight excluding hydrogens is 383 g/mol. The van der Waals surface area contributed by atoms with Crippen LogP contribution in [0.25, 0.3) is 0 Å². The topological polar surface area (TPSA) is 101 Å². The molecule has 3 rings (SSSR count). The molecule has 1 heterocycles. The molecule has 0 radical (unpaired) electrons. The third-order valence-corrected chi connectivity index (χ3v) is 7.08. The van der Waals surface area contributed by atoms with Crippen molar-refractivity contribution in [2.75, 3.05) is 14.8 Å². The molecule has 0 aliphatic carbocycles. The van der Waals surface area contributed by atoms with Gasteiger partial charge >= 0.3 is 0 Å². The molecule has 1 N–H and O–H groups in total. The van der Waals surface area contributed by atoms with Gasteiger partial charge in [-0.2, -0.15) is 0 Å². The summed E-state index contributed by atoms with van der Waals surface area (Å²) in [4.78, 5) is 11.9. The van der Waals surface area contributed by atoms with Gasteiger partial charge in [0.25, 0.3) is 10.0 Å². The van der Waals surface area contributed by atoms with Crippen LogP contribution in [0.2, 0.25) is 0 Å². The molecule has 1 aliphatic rings. The molecule has 0 bridgehead atoms. The summed E-state index contributed by atoms with van der Waals surface area (Å²) < 4.78 is 65.0. The van der Waals surface area contributed by atoms with Crippen molar-refractivity contribution >= 4 is 37.3 Å². The predicted molar refractivity (Wildman–Crippen MR) is 94.1 cm³/mol. The molecule has 0 spiro atoms. The third kappa shape index (κ3) is 3.42. The van der Waals surface area contributed by atoms with Crippen molar-refractivity contribution in [3.05, 3.63) is 54.3 Å². The number of rotatable bonds is 4. The molecule has 10 heteroatoms. The van der Waals surface area contributed by atoms with Crippen LogP contribution in [0.1, 0.15) is 6.92 Å². The largest absolute Gasteiger partial charge is 0.280 e. The van der Waals surface area contributed by atoms with Crippen LogP contribution >= 0.6 is 0 Å². The van der Waals surface area contributed by atoms with E-state index in [2.05, 4.69) is 4.72 Å². The van der Waals surface area contributed by atoms with Crippen LogP contribution in [0.15, 0.2) is 53.4 Å². The number of benzene rings is 2. The van der Waals surface area contributed by atoms with Gasteiger partial charge in [-0.15, -0.1) is 0 Å². The molecule has 26 heavy (non-hydrogen) atoms. The first kappa shape index (κ1) is 18.3. The molecule has 0 aromatic heterocycles. The van der Waals surface area contributed by atoms with Crippen molar-refractivity contribution in [3.63, 3.8) is 0 Å². The summed E-state index contributed by atoms with van der Waals surface area (Å²) in [5, 5.41) is 0. The number of halogens is 1. The number of carbonyl (C=O) groups excluding carboxylic acids is 1. The normalized spacial score (nSPS) is 19.5. The Morgan fingerprint density at radius 1 is 1.15 bits per heavy atom. The van der Waals surface area contributed by atoms with Gasteiger partial charge in [0.05, 0.1) is 27.9 Å². The highest BCUT2D eigenvalue weighted by atomic mass is 32.2. The highest BCUT2D eigenvalue weighted by Gasteiger charge is 2.41. The number of sulfonamides is 2. The van der Waals surface area contributed by atoms with Crippen LogP contribution in [0.3, 0.4) is 0 Å². The fourth-order valence-electron chi connectivity index (χ4n) is 2.61. The fourth-order valence-corrected chi connectivity index (χ4v) is 5.48. The number of nitrogens with zero attached hydrogens (tertiary/aromatic N) is 1. The molecular formula is C16H15FN2O5S2. The van der Waals surface area contributed by atoms with Crippen LogP contribution in [0.4, 0.5) is 15.8 Å². The minimum atomic E-state index is -3.99. The van der Waals surface area contributed by atoms with Gasteiger partial charge in [-0.05, 0) is 42.5 Å². The summed E-state index contributed by atoms with van der Waals surface area (Å²) in [7, 11) is -7.76. The van der Waals surface area contributed by atoms with Gasteiger partial charge in [0.1, 0.15) is 5.82 Å². The van der Waals surface area contributed by atoms with E-state index in [1.807, 2.05) is 0 Å². The molecule has 1 saturated heterocycles. The quantitative estimate of drug-likeness (QED) is 0.848. The first-order chi connectivity index (χ1) is 12.1. The van der Waals surface area contributed by atoms with Crippen molar-refractivity contribution in [1.29, 1.82) is 0 Å². The smallest absolute Gasteiger partial charge is 0.261 e. The monoisotopic (exact) mass is 398 g/mol. The lowest BCUT2D eigenvalue weighted by molar-refractivity contribution is -0.119. The third-order valence-electron chi connectivity index (χ3n) is 3.82. The van der Waals surface area contributed by atoms with E-state index >= 15 is 0 Å². The summed E-state index contributed by atoms with van der Waals surface area (Å²) in [6.07, 6.45) is 0. The zero-order valence-electron chi connectivity index (χ0n) is 13.6. The van der Waals surface area contributed by atoms with E-state index < -0.39 is 37.7 Å². The fraction of sp³-hybridized carbons (Fsp3) is 0.188. The van der Waals surface area contributed by atoms with Crippen molar-refractivity contribution < 1.29 is 26.0 Å². The van der Waals surface area contributed by atoms with E-state index in [0.29, 0.717) is 4.31 Å². The maximum atomic E-state index is 13.2. The number of hydrogen-bond donors (Lipinski definition) is 1. The molecule has 1 unspecified atom stereocenters. The van der Waals surface area contributed by atoms with Gasteiger partial charge in [-0.3, -0.25) is 9.52 Å². The Balaban J connectivity index is 1.89. The van der Waals surface area contributed by atoms with Crippen LogP contribution in [-0.4, -0.2) is 28.5 Å². The van der Waals surface area contributed by atoms with E-state index in [0.717, 1.165) is 6.07 Å². The first-order valence-corrected chi connectivity index (χ1v) is 10.6. The molecule has 1 amide bonds. The van der Waals surface area contributed by atoms with E-state index in [9.17, 15) is 26.0 Å². The van der Waals surface area contributed by atoms with Gasteiger partial charge in [-0.25, -0.2) is 25.5 Å². The van der Waals surface area contributed by atoms with Crippen LogP contribution in [-0.2, 0) is 24.8 Å². The number of amides is 1. The Labute approximate surface area is 150 Å². The highest BCUT2D eigenvalue weighted by molar-refractivity contribution is 7.94. The molecule has 1 aliphatic heterocycles. The summed E-state index contributed by atoms with van der Waals surface area (Å²) in [5.74, 6) is -2.09. The second kappa shape index (κ2) is 6.36. The van der Waals surface area contributed by atoms with Crippen molar-refractivity contribution in [2.24, 2.45) is 5.92 Å². The Bertz CT molecular complexity index is 1070. The van der Waals surface area contributed by atoms with Gasteiger partial charge in [0.15, 0.2) is 0 Å². The van der Waals surface area contributed by atoms with Crippen molar-refractivity contribution in [3.8, 4) is 0 Å². The minimum absolute atomic E-state index is 0.0557. The van der Waals surface area contributed by atoms with Gasteiger partial charge in [0.2, 0.25) is 15.9 Å². The Kier molecular flexibility index (Phi) is 4.49. The van der Waals surface area contributed by atoms with Crippen LogP contribution in [0, 0.1) is 11.7 Å². The SMILES string of the molecule is CC1CS(=O)(=O)N(c2ccc(S(=O)(=O)Nc3cccc(F)c3)cc2)C1=O. The standard InChI is InChI=1S/C16H15FN2O5S2/c1-11-10-25(21,22)19(16(11)20)14-5-7-15(8-6-14)26(23,24)18-13-4-2-3-12(17)9-13/h2-9,11,18H,10H2,1H3. The summed E-state index contributed by atoms with van der Waals surface area (Å²) in [6, 6.07) is 9.82. The van der Waals surface area contributed by atoms with Crippen molar-refractivity contribution in [1.82, 2.24) is 0 Å². The minimum Gasteiger partial charge on any atom is -0.280 e. The van der Waals surface area contributed by atoms with E-state index in [1.165, 1.54) is 49.4 Å². The molecule has 2 aromatic rings. The molecule has 1 atom stereocenters. The summed E-state index contributed by atoms with van der Waals surface area (Å²) >= 11 is 0. The number of nitrogens with one attached hydrogen (secondary N) is 1. The molecule has 0 saturated carbocycles. The lowest BCUT2D eigenvalue weighted by Gasteiger charge is -2.16. The number of hydrogen-bond acceptors (Lipinski definition) is 5. The van der Waals surface area contributed by atoms with Gasteiger partial charge < -0.3 is 0 Å². The van der Waals surface area contributed by atoms with Gasteiger partial charge in [-0.1, -0.05) is 13.0 Å². The zero-order chi connectivity index (χ0) is 19.1. The molecule has 2 aromatic carbocycles. The maximum Gasteiger partial charge on any atom is 0.261 e. The lowest BCUT2D eigenvalue weighted by Crippen LogP contribution is -2.30. The summed E-state index contributed by atoms with van der Waals surface area (Å²) in [6.45, 7) is 1.52. The average molecular weight is 398 g/mol. The molecule has 1 fully saturated rings. The lowest BCUT2D eigenvalue weighted by atomic mass is 10.2. The maximum absolute atomic E-state index is 13.2. The average Bonchev–Trinajstić information content (AvgIpc) is 2.74.